The van der Waals surface area contributed by atoms with Crippen molar-refractivity contribution in [3.05, 3.63) is 117 Å². The van der Waals surface area contributed by atoms with Crippen molar-refractivity contribution in [3.8, 4) is 39.8 Å². The predicted octanol–water partition coefficient (Wildman–Crippen LogP) is 13.7. The Morgan fingerprint density at radius 3 is 1.35 bits per heavy atom. The van der Waals surface area contributed by atoms with E-state index in [1.165, 1.54) is 28.0 Å². The molecule has 1 aliphatic rings. The zero-order valence-corrected chi connectivity index (χ0v) is 54.0. The Hall–Kier alpha value is -6.33. The van der Waals surface area contributed by atoms with Gasteiger partial charge >= 0.3 is 19.3 Å². The second-order valence-electron chi connectivity index (χ2n) is 23.3. The van der Waals surface area contributed by atoms with E-state index >= 15 is 0 Å². The number of aryl methyl sites for hydroxylation is 2. The number of halogens is 5. The molecule has 84 heavy (non-hydrogen) atoms. The van der Waals surface area contributed by atoms with Gasteiger partial charge in [-0.2, -0.15) is 10.2 Å². The smallest absolute Gasteiger partial charge is 0.493 e. The van der Waals surface area contributed by atoms with Crippen molar-refractivity contribution in [2.75, 3.05) is 60.6 Å². The minimum Gasteiger partial charge on any atom is -0.493 e. The van der Waals surface area contributed by atoms with Crippen LogP contribution in [0.15, 0.2) is 99.9 Å². The van der Waals surface area contributed by atoms with E-state index in [1.54, 1.807) is 59.9 Å². The van der Waals surface area contributed by atoms with E-state index in [0.717, 1.165) is 43.7 Å². The highest BCUT2D eigenvalue weighted by molar-refractivity contribution is 9.10. The van der Waals surface area contributed by atoms with Crippen LogP contribution >= 0.6 is 31.9 Å². The molecular formula is C62H79BBr2F3N7O9. The minimum absolute atomic E-state index is 0.330. The first-order valence-corrected chi connectivity index (χ1v) is 29.4. The highest BCUT2D eigenvalue weighted by Crippen LogP contribution is 2.38. The number of hydrogen-bond donors (Lipinski definition) is 1. The van der Waals surface area contributed by atoms with Crippen molar-refractivity contribution in [3.63, 3.8) is 0 Å². The molecular weight excluding hydrogens is 1210 g/mol. The van der Waals surface area contributed by atoms with Gasteiger partial charge in [-0.3, -0.25) is 9.36 Å². The molecule has 3 heterocycles. The van der Waals surface area contributed by atoms with Crippen molar-refractivity contribution in [2.24, 2.45) is 14.1 Å². The zero-order valence-electron chi connectivity index (χ0n) is 50.8. The normalized spacial score (nSPS) is 13.6. The molecule has 16 nitrogen and oxygen atoms in total. The fourth-order valence-corrected chi connectivity index (χ4v) is 9.16. The lowest BCUT2D eigenvalue weighted by molar-refractivity contribution is 0.00578. The molecule has 1 fully saturated rings. The van der Waals surface area contributed by atoms with Gasteiger partial charge < -0.3 is 48.1 Å². The number of amides is 2. The maximum absolute atomic E-state index is 14.8. The Morgan fingerprint density at radius 2 is 0.976 bits per heavy atom. The fraction of sp³-hybridized carbons (Fsp3) is 0.452. The lowest BCUT2D eigenvalue weighted by Crippen LogP contribution is -2.41. The molecule has 0 radical (unpaired) electrons. The van der Waals surface area contributed by atoms with Gasteiger partial charge in [-0.15, -0.1) is 0 Å². The number of aromatic nitrogens is 4. The number of carbonyl (C=O) groups excluding carboxylic acids is 2. The predicted molar refractivity (Wildman–Crippen MR) is 332 cm³/mol. The molecule has 454 valence electrons. The molecule has 8 rings (SSSR count). The van der Waals surface area contributed by atoms with Crippen LogP contribution in [0.2, 0.25) is 0 Å². The second kappa shape index (κ2) is 28.7. The summed E-state index contributed by atoms with van der Waals surface area (Å²) in [7, 11) is 8.18. The number of benzene rings is 5. The van der Waals surface area contributed by atoms with Gasteiger partial charge in [0.25, 0.3) is 0 Å². The molecule has 2 aromatic heterocycles. The fourth-order valence-electron chi connectivity index (χ4n) is 8.46. The van der Waals surface area contributed by atoms with Crippen LogP contribution in [-0.4, -0.2) is 132 Å². The Labute approximate surface area is 509 Å². The molecule has 1 N–H and O–H groups in total. The number of fused-ring (bicyclic) bond motifs is 2. The summed E-state index contributed by atoms with van der Waals surface area (Å²) in [5, 5.41) is 13.8. The summed E-state index contributed by atoms with van der Waals surface area (Å²) in [4.78, 5) is 26.9. The average molecular weight is 1290 g/mol. The summed E-state index contributed by atoms with van der Waals surface area (Å²) in [6.45, 7) is 21.7. The minimum atomic E-state index is -0.753. The summed E-state index contributed by atoms with van der Waals surface area (Å²) < 4.78 is 88.7. The maximum atomic E-state index is 14.8. The average Bonchev–Trinajstić information content (AvgIpc) is 4.05. The molecule has 1 aliphatic heterocycles. The first-order chi connectivity index (χ1) is 39.4. The molecule has 7 aromatic rings. The zero-order chi connectivity index (χ0) is 61.9. The van der Waals surface area contributed by atoms with Crippen LogP contribution < -0.4 is 25.0 Å². The van der Waals surface area contributed by atoms with Crippen molar-refractivity contribution >= 4 is 78.4 Å². The van der Waals surface area contributed by atoms with E-state index in [1.807, 2.05) is 127 Å². The van der Waals surface area contributed by atoms with Crippen molar-refractivity contribution < 1.29 is 55.8 Å². The van der Waals surface area contributed by atoms with E-state index in [-0.39, 0.29) is 18.0 Å². The van der Waals surface area contributed by atoms with Crippen LogP contribution in [0, 0.1) is 17.5 Å². The van der Waals surface area contributed by atoms with Gasteiger partial charge in [-0.25, -0.2) is 22.8 Å². The molecule has 0 bridgehead atoms. The molecule has 1 saturated heterocycles. The summed E-state index contributed by atoms with van der Waals surface area (Å²) in [5.41, 5.74) is 2.22. The molecule has 0 aliphatic carbocycles. The first kappa shape index (κ1) is 66.8. The van der Waals surface area contributed by atoms with Gasteiger partial charge in [0.1, 0.15) is 57.3 Å². The monoisotopic (exact) mass is 1290 g/mol. The van der Waals surface area contributed by atoms with Crippen LogP contribution in [0.3, 0.4) is 0 Å². The van der Waals surface area contributed by atoms with E-state index in [9.17, 15) is 22.8 Å². The lowest BCUT2D eigenvalue weighted by Gasteiger charge is -2.32. The Morgan fingerprint density at radius 1 is 0.595 bits per heavy atom. The van der Waals surface area contributed by atoms with Crippen LogP contribution in [0.25, 0.3) is 44.3 Å². The maximum Gasteiger partial charge on any atom is 0.497 e. The van der Waals surface area contributed by atoms with E-state index < -0.39 is 41.2 Å². The van der Waals surface area contributed by atoms with Gasteiger partial charge in [-0.05, 0) is 169 Å². The van der Waals surface area contributed by atoms with Gasteiger partial charge in [0.15, 0.2) is 0 Å². The van der Waals surface area contributed by atoms with E-state index in [4.69, 9.17) is 33.0 Å². The third kappa shape index (κ3) is 18.3. The first-order valence-electron chi connectivity index (χ1n) is 27.8. The van der Waals surface area contributed by atoms with Crippen molar-refractivity contribution in [1.82, 2.24) is 34.7 Å². The molecule has 0 spiro atoms. The third-order valence-corrected chi connectivity index (χ3v) is 14.5. The Bertz CT molecular complexity index is 3370. The Balaban J connectivity index is 0.000000204. The largest absolute Gasteiger partial charge is 0.497 e. The van der Waals surface area contributed by atoms with Crippen LogP contribution in [-0.2, 0) is 32.9 Å². The summed E-state index contributed by atoms with van der Waals surface area (Å²) in [6.07, 6.45) is 1.31. The SMILES string of the molecule is CN(CCCOc1ccc(-c2nn(C)c3cc(Br)ccc23)c(F)c1)C(=O)OC(C)(C)C.CN(CCCOc1ccc(B2OC(C)(C)C(C)(C)O2)c(F)c1)C(=O)OC(C)(C)C.CNCCCOc1ccc(-c2nn(C)c3cc(Br)ccc23)c(F)c1. The van der Waals surface area contributed by atoms with Crippen LogP contribution in [0.4, 0.5) is 22.8 Å². The van der Waals surface area contributed by atoms with Crippen molar-refractivity contribution in [2.45, 2.75) is 111 Å². The molecule has 0 atom stereocenters. The number of rotatable bonds is 18. The number of hydrogen-bond acceptors (Lipinski definition) is 12. The van der Waals surface area contributed by atoms with E-state index in [2.05, 4.69) is 47.4 Å². The lowest BCUT2D eigenvalue weighted by atomic mass is 9.78. The third-order valence-electron chi connectivity index (χ3n) is 13.6. The summed E-state index contributed by atoms with van der Waals surface area (Å²) in [5.74, 6) is 0.226. The molecule has 2 amide bonds. The van der Waals surface area contributed by atoms with Crippen LogP contribution in [0.1, 0.15) is 88.5 Å². The molecule has 0 saturated carbocycles. The number of nitrogens with zero attached hydrogens (tertiary/aromatic N) is 6. The highest BCUT2D eigenvalue weighted by atomic mass is 79.9. The standard InChI is InChI=1S/C23H27BrFN3O3.C21H33BFNO5.C18H19BrFN3O/c1-23(2,3)31-22(29)27(4)11-6-12-30-16-8-10-17(19(25)14-16)21-18-9-7-15(24)13-20(18)28(5)26-21;1-19(2,3)27-18(25)24(8)12-9-13-26-15-10-11-16(17(23)14-15)22-28-20(4,5)21(6,7)29-22;1-21-8-3-9-24-13-5-7-14(16(20)11-13)18-15-6-4-12(19)10-17(15)23(2)22-18/h7-10,13-14H,6,11-12H2,1-5H3;10-11,14H,9,12-13H2,1-8H3;4-7,10-11,21H,3,8-9H2,1-2H3. The van der Waals surface area contributed by atoms with Gasteiger partial charge in [0.2, 0.25) is 0 Å². The van der Waals surface area contributed by atoms with Gasteiger partial charge in [0.05, 0.1) is 42.1 Å². The summed E-state index contributed by atoms with van der Waals surface area (Å²) in [6, 6.07) is 26.0. The number of carbonyl (C=O) groups is 2. The number of nitrogens with one attached hydrogen (secondary N) is 1. The van der Waals surface area contributed by atoms with Crippen molar-refractivity contribution in [1.29, 1.82) is 0 Å². The molecule has 0 unspecified atom stereocenters. The highest BCUT2D eigenvalue weighted by Gasteiger charge is 2.52. The molecule has 22 heteroatoms. The molecule has 5 aromatic carbocycles. The Kier molecular flexibility index (Phi) is 22.8. The van der Waals surface area contributed by atoms with E-state index in [0.29, 0.717) is 91.0 Å². The van der Waals surface area contributed by atoms with Gasteiger partial charge in [0, 0.05) is 95.8 Å². The van der Waals surface area contributed by atoms with Crippen LogP contribution in [0.5, 0.6) is 17.2 Å². The number of ether oxygens (including phenoxy) is 5. The quantitative estimate of drug-likeness (QED) is 0.0643. The van der Waals surface area contributed by atoms with Gasteiger partial charge in [-0.1, -0.05) is 37.9 Å². The topological polar surface area (TPSA) is 153 Å². The summed E-state index contributed by atoms with van der Waals surface area (Å²) >= 11 is 6.91. The second-order valence-corrected chi connectivity index (χ2v) is 25.2.